The van der Waals surface area contributed by atoms with Crippen LogP contribution in [-0.4, -0.2) is 36.4 Å². The maximum absolute atomic E-state index is 10.8. The lowest BCUT2D eigenvalue weighted by atomic mass is 10.2. The summed E-state index contributed by atoms with van der Waals surface area (Å²) in [4.78, 5) is 13.5. The molecule has 6 heteroatoms. The third kappa shape index (κ3) is 3.40. The molecule has 0 bridgehead atoms. The maximum atomic E-state index is 10.8. The average molecular weight is 302 g/mol. The summed E-state index contributed by atoms with van der Waals surface area (Å²) in [5, 5.41) is 27.6. The zero-order valence-electron chi connectivity index (χ0n) is 11.4. The summed E-state index contributed by atoms with van der Waals surface area (Å²) in [6, 6.07) is 9.40. The number of rotatable bonds is 5. The largest absolute Gasteiger partial charge is 0.477 e. The van der Waals surface area contributed by atoms with Crippen molar-refractivity contribution in [2.75, 3.05) is 25.1 Å². The van der Waals surface area contributed by atoms with Crippen LogP contribution in [0.25, 0.3) is 16.2 Å². The summed E-state index contributed by atoms with van der Waals surface area (Å²) in [5.74, 6) is -1.22. The van der Waals surface area contributed by atoms with Crippen molar-refractivity contribution in [2.24, 2.45) is 0 Å². The molecule has 2 rings (SSSR count). The minimum atomic E-state index is -1.22. The number of anilines is 1. The predicted molar refractivity (Wildman–Crippen MR) is 83.4 cm³/mol. The fourth-order valence-electron chi connectivity index (χ4n) is 1.91. The SMILES string of the molecule is CN(CCO)c1ccc2cc(/C=C(/C#N)C(=O)O)sc2c1. The number of carbonyl (C=O) groups is 1. The van der Waals surface area contributed by atoms with Crippen LogP contribution in [0.1, 0.15) is 4.88 Å². The van der Waals surface area contributed by atoms with Gasteiger partial charge in [0.05, 0.1) is 6.61 Å². The summed E-state index contributed by atoms with van der Waals surface area (Å²) in [5.41, 5.74) is 0.701. The Balaban J connectivity index is 2.39. The maximum Gasteiger partial charge on any atom is 0.346 e. The van der Waals surface area contributed by atoms with E-state index in [1.54, 1.807) is 6.07 Å². The number of thiophene rings is 1. The van der Waals surface area contributed by atoms with E-state index in [1.807, 2.05) is 36.2 Å². The number of aliphatic carboxylic acids is 1. The van der Waals surface area contributed by atoms with Crippen LogP contribution < -0.4 is 4.90 Å². The zero-order chi connectivity index (χ0) is 15.4. The molecule has 0 aliphatic heterocycles. The van der Waals surface area contributed by atoms with Crippen molar-refractivity contribution in [3.63, 3.8) is 0 Å². The molecule has 0 amide bonds. The quantitative estimate of drug-likeness (QED) is 0.654. The molecule has 0 aliphatic carbocycles. The molecule has 0 saturated heterocycles. The van der Waals surface area contributed by atoms with Gasteiger partial charge in [-0.25, -0.2) is 4.79 Å². The first-order valence-electron chi connectivity index (χ1n) is 6.26. The number of nitriles is 1. The molecule has 0 radical (unpaired) electrons. The Bertz CT molecular complexity index is 743. The van der Waals surface area contributed by atoms with Gasteiger partial charge in [-0.15, -0.1) is 11.3 Å². The number of fused-ring (bicyclic) bond motifs is 1. The highest BCUT2D eigenvalue weighted by molar-refractivity contribution is 7.19. The van der Waals surface area contributed by atoms with Crippen molar-refractivity contribution >= 4 is 39.2 Å². The number of hydrogen-bond acceptors (Lipinski definition) is 5. The van der Waals surface area contributed by atoms with Crippen molar-refractivity contribution in [1.82, 2.24) is 0 Å². The number of benzene rings is 1. The lowest BCUT2D eigenvalue weighted by Gasteiger charge is -2.17. The number of hydrogen-bond donors (Lipinski definition) is 2. The average Bonchev–Trinajstić information content (AvgIpc) is 2.86. The predicted octanol–water partition coefficient (Wildman–Crippen LogP) is 2.32. The number of nitrogens with zero attached hydrogens (tertiary/aromatic N) is 2. The van der Waals surface area contributed by atoms with E-state index in [0.29, 0.717) is 6.54 Å². The number of carboxylic acid groups (broad SMARTS) is 1. The highest BCUT2D eigenvalue weighted by Crippen LogP contribution is 2.30. The Labute approximate surface area is 126 Å². The number of likely N-dealkylation sites (N-methyl/N-ethyl adjacent to an activating group) is 1. The third-order valence-electron chi connectivity index (χ3n) is 3.04. The van der Waals surface area contributed by atoms with Gasteiger partial charge in [-0.2, -0.15) is 5.26 Å². The highest BCUT2D eigenvalue weighted by Gasteiger charge is 2.09. The molecule has 1 heterocycles. The fraction of sp³-hybridized carbons (Fsp3) is 0.200. The fourth-order valence-corrected chi connectivity index (χ4v) is 2.95. The van der Waals surface area contributed by atoms with Crippen LogP contribution in [0.3, 0.4) is 0 Å². The first-order valence-corrected chi connectivity index (χ1v) is 7.07. The van der Waals surface area contributed by atoms with Gasteiger partial charge in [-0.1, -0.05) is 6.07 Å². The van der Waals surface area contributed by atoms with Crippen molar-refractivity contribution < 1.29 is 15.0 Å². The van der Waals surface area contributed by atoms with E-state index in [0.717, 1.165) is 20.7 Å². The number of carboxylic acids is 1. The topological polar surface area (TPSA) is 84.6 Å². The summed E-state index contributed by atoms with van der Waals surface area (Å²) in [6.45, 7) is 0.623. The molecule has 0 spiro atoms. The molecule has 5 nitrogen and oxygen atoms in total. The molecule has 2 N–H and O–H groups in total. The van der Waals surface area contributed by atoms with Crippen molar-refractivity contribution in [2.45, 2.75) is 0 Å². The van der Waals surface area contributed by atoms with Crippen LogP contribution in [0.5, 0.6) is 0 Å². The monoisotopic (exact) mass is 302 g/mol. The molecule has 0 atom stereocenters. The highest BCUT2D eigenvalue weighted by atomic mass is 32.1. The molecule has 1 aromatic carbocycles. The Morgan fingerprint density at radius 3 is 2.86 bits per heavy atom. The van der Waals surface area contributed by atoms with Gasteiger partial charge in [0.2, 0.25) is 0 Å². The van der Waals surface area contributed by atoms with Gasteiger partial charge in [-0.05, 0) is 29.7 Å². The van der Waals surface area contributed by atoms with Crippen molar-refractivity contribution in [3.8, 4) is 6.07 Å². The Morgan fingerprint density at radius 1 is 1.48 bits per heavy atom. The van der Waals surface area contributed by atoms with Crippen LogP contribution in [0, 0.1) is 11.3 Å². The smallest absolute Gasteiger partial charge is 0.346 e. The summed E-state index contributed by atoms with van der Waals surface area (Å²) < 4.78 is 1.01. The number of aliphatic hydroxyl groups excluding tert-OH is 1. The second kappa shape index (κ2) is 6.39. The Kier molecular flexibility index (Phi) is 4.58. The van der Waals surface area contributed by atoms with Gasteiger partial charge < -0.3 is 15.1 Å². The summed E-state index contributed by atoms with van der Waals surface area (Å²) >= 11 is 1.43. The molecule has 0 unspecified atom stereocenters. The molecule has 21 heavy (non-hydrogen) atoms. The van der Waals surface area contributed by atoms with E-state index in [-0.39, 0.29) is 12.2 Å². The molecule has 108 valence electrons. The lowest BCUT2D eigenvalue weighted by Crippen LogP contribution is -2.20. The van der Waals surface area contributed by atoms with E-state index in [9.17, 15) is 4.79 Å². The molecule has 0 aliphatic rings. The van der Waals surface area contributed by atoms with E-state index in [1.165, 1.54) is 17.4 Å². The Morgan fingerprint density at radius 2 is 2.24 bits per heavy atom. The Hall–Kier alpha value is -2.36. The standard InChI is InChI=1S/C15H14N2O3S/c1-17(4-5-18)12-3-2-10-6-13(21-14(10)8-12)7-11(9-16)15(19)20/h2-3,6-8,18H,4-5H2,1H3,(H,19,20)/b11-7-. The molecule has 0 saturated carbocycles. The van der Waals surface area contributed by atoms with Gasteiger partial charge in [0.1, 0.15) is 11.6 Å². The molecular formula is C15H14N2O3S. The number of aliphatic hydroxyl groups is 1. The van der Waals surface area contributed by atoms with E-state index in [4.69, 9.17) is 15.5 Å². The van der Waals surface area contributed by atoms with Crippen LogP contribution in [0.4, 0.5) is 5.69 Å². The molecule has 2 aromatic rings. The van der Waals surface area contributed by atoms with E-state index in [2.05, 4.69) is 0 Å². The van der Waals surface area contributed by atoms with Gasteiger partial charge >= 0.3 is 5.97 Å². The van der Waals surface area contributed by atoms with Crippen LogP contribution >= 0.6 is 11.3 Å². The van der Waals surface area contributed by atoms with E-state index >= 15 is 0 Å². The minimum absolute atomic E-state index is 0.0805. The first-order chi connectivity index (χ1) is 10.0. The van der Waals surface area contributed by atoms with Crippen molar-refractivity contribution in [3.05, 3.63) is 34.7 Å². The third-order valence-corrected chi connectivity index (χ3v) is 4.08. The summed E-state index contributed by atoms with van der Waals surface area (Å²) in [6.07, 6.45) is 1.38. The second-order valence-electron chi connectivity index (χ2n) is 4.49. The normalized spacial score (nSPS) is 11.4. The van der Waals surface area contributed by atoms with Crippen LogP contribution in [0.15, 0.2) is 29.8 Å². The molecule has 0 fully saturated rings. The molecule has 1 aromatic heterocycles. The second-order valence-corrected chi connectivity index (χ2v) is 5.61. The first kappa shape index (κ1) is 15.0. The van der Waals surface area contributed by atoms with Gasteiger partial charge in [0, 0.05) is 28.9 Å². The zero-order valence-corrected chi connectivity index (χ0v) is 12.2. The van der Waals surface area contributed by atoms with Crippen LogP contribution in [0.2, 0.25) is 0 Å². The van der Waals surface area contributed by atoms with Gasteiger partial charge in [0.25, 0.3) is 0 Å². The minimum Gasteiger partial charge on any atom is -0.477 e. The lowest BCUT2D eigenvalue weighted by molar-refractivity contribution is -0.132. The van der Waals surface area contributed by atoms with Crippen molar-refractivity contribution in [1.29, 1.82) is 5.26 Å². The summed E-state index contributed by atoms with van der Waals surface area (Å²) in [7, 11) is 1.89. The molecular weight excluding hydrogens is 288 g/mol. The van der Waals surface area contributed by atoms with Gasteiger partial charge in [0.15, 0.2) is 0 Å². The van der Waals surface area contributed by atoms with E-state index < -0.39 is 5.97 Å². The van der Waals surface area contributed by atoms with Gasteiger partial charge in [-0.3, -0.25) is 0 Å². The van der Waals surface area contributed by atoms with Crippen LogP contribution in [-0.2, 0) is 4.79 Å².